The second kappa shape index (κ2) is 9.37. The molecule has 0 bridgehead atoms. The van der Waals surface area contributed by atoms with Gasteiger partial charge in [-0.2, -0.15) is 0 Å². The summed E-state index contributed by atoms with van der Waals surface area (Å²) in [5.41, 5.74) is 1.08. The SMILES string of the molecule is O=C(Cc1ccc(Br)cc1)N1CCC(N2CCC(Oc3nccs3)CC2)CC1. The minimum absolute atomic E-state index is 0.247. The topological polar surface area (TPSA) is 45.7 Å². The van der Waals surface area contributed by atoms with Crippen molar-refractivity contribution in [3.8, 4) is 5.19 Å². The minimum atomic E-state index is 0.247. The number of ether oxygens (including phenoxy) is 1. The number of carbonyl (C=O) groups is 1. The highest BCUT2D eigenvalue weighted by atomic mass is 79.9. The molecular formula is C21H26BrN3O2S. The molecule has 7 heteroatoms. The van der Waals surface area contributed by atoms with Gasteiger partial charge in [0.15, 0.2) is 0 Å². The van der Waals surface area contributed by atoms with Crippen LogP contribution in [0.4, 0.5) is 0 Å². The van der Waals surface area contributed by atoms with Crippen LogP contribution in [-0.4, -0.2) is 59.0 Å². The highest BCUT2D eigenvalue weighted by molar-refractivity contribution is 9.10. The van der Waals surface area contributed by atoms with Gasteiger partial charge in [-0.1, -0.05) is 39.4 Å². The Kier molecular flexibility index (Phi) is 6.65. The Labute approximate surface area is 178 Å². The van der Waals surface area contributed by atoms with Crippen LogP contribution in [-0.2, 0) is 11.2 Å². The van der Waals surface area contributed by atoms with Crippen LogP contribution in [0.2, 0.25) is 0 Å². The zero-order valence-electron chi connectivity index (χ0n) is 15.9. The molecule has 2 saturated heterocycles. The van der Waals surface area contributed by atoms with Crippen molar-refractivity contribution in [2.75, 3.05) is 26.2 Å². The van der Waals surface area contributed by atoms with Crippen molar-refractivity contribution >= 4 is 33.2 Å². The molecule has 1 aromatic heterocycles. The molecule has 0 atom stereocenters. The second-order valence-corrected chi connectivity index (χ2v) is 9.34. The summed E-state index contributed by atoms with van der Waals surface area (Å²) in [6.07, 6.45) is 6.84. The fraction of sp³-hybridized carbons (Fsp3) is 0.524. The van der Waals surface area contributed by atoms with Crippen LogP contribution in [0.3, 0.4) is 0 Å². The number of piperidine rings is 2. The molecule has 0 spiro atoms. The van der Waals surface area contributed by atoms with Crippen molar-refractivity contribution in [3.63, 3.8) is 0 Å². The summed E-state index contributed by atoms with van der Waals surface area (Å²) in [6.45, 7) is 3.90. The number of hydrogen-bond donors (Lipinski definition) is 0. The van der Waals surface area contributed by atoms with E-state index in [1.54, 1.807) is 17.5 Å². The minimum Gasteiger partial charge on any atom is -0.467 e. The van der Waals surface area contributed by atoms with Crippen molar-refractivity contribution < 1.29 is 9.53 Å². The molecule has 3 heterocycles. The monoisotopic (exact) mass is 463 g/mol. The Morgan fingerprint density at radius 3 is 2.46 bits per heavy atom. The Hall–Kier alpha value is -1.44. The lowest BCUT2D eigenvalue weighted by Gasteiger charge is -2.41. The van der Waals surface area contributed by atoms with Crippen molar-refractivity contribution in [2.45, 2.75) is 44.2 Å². The maximum absolute atomic E-state index is 12.6. The van der Waals surface area contributed by atoms with Gasteiger partial charge < -0.3 is 9.64 Å². The number of rotatable bonds is 5. The lowest BCUT2D eigenvalue weighted by atomic mass is 9.98. The molecule has 150 valence electrons. The Morgan fingerprint density at radius 1 is 1.11 bits per heavy atom. The fourth-order valence-electron chi connectivity index (χ4n) is 4.14. The van der Waals surface area contributed by atoms with Crippen molar-refractivity contribution in [1.29, 1.82) is 0 Å². The normalized spacial score (nSPS) is 19.7. The largest absolute Gasteiger partial charge is 0.467 e. The molecule has 1 aromatic carbocycles. The molecule has 2 aliphatic heterocycles. The van der Waals surface area contributed by atoms with E-state index in [4.69, 9.17) is 4.74 Å². The van der Waals surface area contributed by atoms with Crippen LogP contribution < -0.4 is 4.74 Å². The lowest BCUT2D eigenvalue weighted by molar-refractivity contribution is -0.132. The van der Waals surface area contributed by atoms with Gasteiger partial charge in [0.05, 0.1) is 6.42 Å². The molecule has 0 radical (unpaired) electrons. The first-order chi connectivity index (χ1) is 13.7. The van der Waals surface area contributed by atoms with Gasteiger partial charge in [0.2, 0.25) is 5.91 Å². The number of thiazole rings is 1. The highest BCUT2D eigenvalue weighted by Crippen LogP contribution is 2.25. The van der Waals surface area contributed by atoms with Gasteiger partial charge in [-0.05, 0) is 43.4 Å². The predicted molar refractivity (Wildman–Crippen MR) is 115 cm³/mol. The maximum Gasteiger partial charge on any atom is 0.273 e. The molecule has 0 saturated carbocycles. The second-order valence-electron chi connectivity index (χ2n) is 7.57. The number of likely N-dealkylation sites (tertiary alicyclic amines) is 2. The molecule has 0 aliphatic carbocycles. The van der Waals surface area contributed by atoms with E-state index in [-0.39, 0.29) is 12.0 Å². The summed E-state index contributed by atoms with van der Waals surface area (Å²) < 4.78 is 7.01. The van der Waals surface area contributed by atoms with Crippen LogP contribution in [0.15, 0.2) is 40.3 Å². The summed E-state index contributed by atoms with van der Waals surface area (Å²) in [5, 5.41) is 2.74. The van der Waals surface area contributed by atoms with E-state index in [1.165, 1.54) is 0 Å². The smallest absolute Gasteiger partial charge is 0.273 e. The van der Waals surface area contributed by atoms with Crippen molar-refractivity contribution in [2.24, 2.45) is 0 Å². The summed E-state index contributed by atoms with van der Waals surface area (Å²) in [6, 6.07) is 8.63. The molecule has 4 rings (SSSR count). The van der Waals surface area contributed by atoms with Gasteiger partial charge in [-0.25, -0.2) is 4.98 Å². The van der Waals surface area contributed by atoms with Gasteiger partial charge in [0.25, 0.3) is 5.19 Å². The number of benzene rings is 1. The van der Waals surface area contributed by atoms with E-state index in [0.717, 1.165) is 67.1 Å². The Bertz CT molecular complexity index is 752. The van der Waals surface area contributed by atoms with E-state index < -0.39 is 0 Å². The first-order valence-electron chi connectivity index (χ1n) is 10.00. The molecule has 2 fully saturated rings. The van der Waals surface area contributed by atoms with Gasteiger partial charge in [-0.3, -0.25) is 9.69 Å². The third kappa shape index (κ3) is 5.13. The van der Waals surface area contributed by atoms with Crippen molar-refractivity contribution in [3.05, 3.63) is 45.9 Å². The highest BCUT2D eigenvalue weighted by Gasteiger charge is 2.30. The zero-order chi connectivity index (χ0) is 19.3. The zero-order valence-corrected chi connectivity index (χ0v) is 18.3. The predicted octanol–water partition coefficient (Wildman–Crippen LogP) is 3.98. The summed E-state index contributed by atoms with van der Waals surface area (Å²) >= 11 is 5.00. The first kappa shape index (κ1) is 19.9. The fourth-order valence-corrected chi connectivity index (χ4v) is 4.95. The third-order valence-electron chi connectivity index (χ3n) is 5.76. The van der Waals surface area contributed by atoms with E-state index in [2.05, 4.69) is 25.8 Å². The summed E-state index contributed by atoms with van der Waals surface area (Å²) in [7, 11) is 0. The van der Waals surface area contributed by atoms with Crippen LogP contribution in [0, 0.1) is 0 Å². The molecule has 2 aliphatic rings. The van der Waals surface area contributed by atoms with Crippen LogP contribution >= 0.6 is 27.3 Å². The Morgan fingerprint density at radius 2 is 1.82 bits per heavy atom. The van der Waals surface area contributed by atoms with Gasteiger partial charge in [-0.15, -0.1) is 0 Å². The molecular weight excluding hydrogens is 438 g/mol. The van der Waals surface area contributed by atoms with E-state index in [0.29, 0.717) is 12.5 Å². The van der Waals surface area contributed by atoms with Crippen molar-refractivity contribution in [1.82, 2.24) is 14.8 Å². The number of carbonyl (C=O) groups excluding carboxylic acids is 1. The third-order valence-corrected chi connectivity index (χ3v) is 6.95. The Balaban J connectivity index is 1.20. The van der Waals surface area contributed by atoms with Crippen LogP contribution in [0.5, 0.6) is 5.19 Å². The lowest BCUT2D eigenvalue weighted by Crippen LogP contribution is -2.50. The summed E-state index contributed by atoms with van der Waals surface area (Å²) in [5.74, 6) is 0.247. The summed E-state index contributed by atoms with van der Waals surface area (Å²) in [4.78, 5) is 21.5. The molecule has 28 heavy (non-hydrogen) atoms. The van der Waals surface area contributed by atoms with Gasteiger partial charge in [0.1, 0.15) is 6.10 Å². The standard InChI is InChI=1S/C21H26BrN3O2S/c22-17-3-1-16(2-4-17)15-20(26)25-10-5-18(6-11-25)24-12-7-19(8-13-24)27-21-23-9-14-28-21/h1-4,9,14,18-19H,5-8,10-13,15H2. The quantitative estimate of drug-likeness (QED) is 0.672. The first-order valence-corrected chi connectivity index (χ1v) is 11.7. The molecule has 0 unspecified atom stereocenters. The van der Waals surface area contributed by atoms with Gasteiger partial charge >= 0.3 is 0 Å². The number of nitrogens with zero attached hydrogens (tertiary/aromatic N) is 3. The van der Waals surface area contributed by atoms with Gasteiger partial charge in [0, 0.05) is 48.3 Å². The number of halogens is 1. The number of amides is 1. The van der Waals surface area contributed by atoms with Crippen LogP contribution in [0.25, 0.3) is 0 Å². The number of hydrogen-bond acceptors (Lipinski definition) is 5. The van der Waals surface area contributed by atoms with E-state index in [9.17, 15) is 4.79 Å². The van der Waals surface area contributed by atoms with E-state index in [1.807, 2.05) is 34.5 Å². The molecule has 0 N–H and O–H groups in total. The average Bonchev–Trinajstić information content (AvgIpc) is 3.23. The molecule has 1 amide bonds. The molecule has 5 nitrogen and oxygen atoms in total. The average molecular weight is 464 g/mol. The number of aromatic nitrogens is 1. The maximum atomic E-state index is 12.6. The molecule has 2 aromatic rings. The van der Waals surface area contributed by atoms with E-state index >= 15 is 0 Å². The van der Waals surface area contributed by atoms with Crippen LogP contribution in [0.1, 0.15) is 31.2 Å².